The van der Waals surface area contributed by atoms with Crippen LogP contribution in [-0.2, 0) is 19.1 Å². The Bertz CT molecular complexity index is 998. The lowest BCUT2D eigenvalue weighted by molar-refractivity contribution is -0.137. The van der Waals surface area contributed by atoms with Gasteiger partial charge in [-0.25, -0.2) is 9.67 Å². The Morgan fingerprint density at radius 3 is 2.89 bits per heavy atom. The van der Waals surface area contributed by atoms with Crippen LogP contribution in [0.25, 0.3) is 5.82 Å². The highest BCUT2D eigenvalue weighted by Gasteiger charge is 2.35. The lowest BCUT2D eigenvalue weighted by Gasteiger charge is -2.12. The summed E-state index contributed by atoms with van der Waals surface area (Å²) in [7, 11) is 0. The number of hydrogen-bond donors (Lipinski definition) is 3. The molecule has 12 heteroatoms. The molecule has 0 aliphatic carbocycles. The van der Waals surface area contributed by atoms with Gasteiger partial charge in [0.05, 0.1) is 0 Å². The first-order chi connectivity index (χ1) is 12.9. The molecule has 3 aromatic rings. The number of pyridine rings is 1. The maximum absolute atomic E-state index is 13.1. The molecule has 1 aliphatic heterocycles. The minimum atomic E-state index is -4.57. The van der Waals surface area contributed by atoms with Crippen LogP contribution in [0.5, 0.6) is 0 Å². The van der Waals surface area contributed by atoms with E-state index < -0.39 is 17.6 Å². The van der Waals surface area contributed by atoms with E-state index in [0.717, 1.165) is 35.0 Å². The van der Waals surface area contributed by atoms with Crippen molar-refractivity contribution in [3.8, 4) is 5.82 Å². The van der Waals surface area contributed by atoms with Crippen molar-refractivity contribution < 1.29 is 18.0 Å². The second-order valence-electron chi connectivity index (χ2n) is 5.93. The van der Waals surface area contributed by atoms with Crippen LogP contribution in [0, 0.1) is 0 Å². The maximum Gasteiger partial charge on any atom is 0.420 e. The molecule has 4 rings (SSSR count). The Morgan fingerprint density at radius 2 is 2.11 bits per heavy atom. The molecule has 3 aromatic heterocycles. The zero-order valence-corrected chi connectivity index (χ0v) is 15.1. The summed E-state index contributed by atoms with van der Waals surface area (Å²) in [5, 5.41) is 16.6. The third-order valence-electron chi connectivity index (χ3n) is 4.16. The largest absolute Gasteiger partial charge is 0.420 e. The molecule has 4 heterocycles. The van der Waals surface area contributed by atoms with Gasteiger partial charge in [-0.05, 0) is 12.1 Å². The van der Waals surface area contributed by atoms with Gasteiger partial charge in [-0.1, -0.05) is 0 Å². The number of nitrogens with one attached hydrogen (secondary N) is 3. The molecular weight excluding hydrogens is 399 g/mol. The van der Waals surface area contributed by atoms with Crippen LogP contribution in [0.3, 0.4) is 0 Å². The number of nitrogens with zero attached hydrogens (tertiary/aromatic N) is 4. The van der Waals surface area contributed by atoms with Crippen molar-refractivity contribution in [2.45, 2.75) is 19.1 Å². The molecule has 1 aliphatic rings. The minimum Gasteiger partial charge on any atom is -0.312 e. The number of rotatable bonds is 3. The van der Waals surface area contributed by atoms with Gasteiger partial charge in [0, 0.05) is 49.2 Å². The van der Waals surface area contributed by atoms with E-state index in [2.05, 4.69) is 30.9 Å². The zero-order chi connectivity index (χ0) is 19.0. The first-order valence-electron chi connectivity index (χ1n) is 8.10. The standard InChI is InChI=1S/C16H14F3N7O.ClH/c17-16(18,19)10-2-1-5-21-14(10)26-7-4-12(25-26)22-15(27)13-9-8-20-6-3-11(9)23-24-13;/h1-2,4-5,7,20H,3,6,8H2,(H,23,24)(H,22,25,27);1H. The number of halogens is 4. The van der Waals surface area contributed by atoms with E-state index in [4.69, 9.17) is 0 Å². The molecule has 0 unspecified atom stereocenters. The lowest BCUT2D eigenvalue weighted by Crippen LogP contribution is -2.25. The molecule has 0 atom stereocenters. The van der Waals surface area contributed by atoms with E-state index in [0.29, 0.717) is 6.54 Å². The highest BCUT2D eigenvalue weighted by molar-refractivity contribution is 6.03. The summed E-state index contributed by atoms with van der Waals surface area (Å²) in [6.07, 6.45) is -1.29. The van der Waals surface area contributed by atoms with Crippen molar-refractivity contribution >= 4 is 24.1 Å². The van der Waals surface area contributed by atoms with E-state index in [1.54, 1.807) is 0 Å². The predicted octanol–water partition coefficient (Wildman–Crippen LogP) is 2.33. The van der Waals surface area contributed by atoms with E-state index in [-0.39, 0.29) is 29.7 Å². The monoisotopic (exact) mass is 413 g/mol. The average molecular weight is 414 g/mol. The Balaban J connectivity index is 0.00000225. The van der Waals surface area contributed by atoms with Crippen molar-refractivity contribution in [3.63, 3.8) is 0 Å². The van der Waals surface area contributed by atoms with Gasteiger partial charge in [0.15, 0.2) is 17.3 Å². The van der Waals surface area contributed by atoms with Crippen molar-refractivity contribution in [1.29, 1.82) is 0 Å². The van der Waals surface area contributed by atoms with Crippen molar-refractivity contribution in [3.05, 3.63) is 53.1 Å². The fourth-order valence-electron chi connectivity index (χ4n) is 2.90. The van der Waals surface area contributed by atoms with Gasteiger partial charge in [-0.3, -0.25) is 9.89 Å². The number of hydrogen-bond acceptors (Lipinski definition) is 5. The summed E-state index contributed by atoms with van der Waals surface area (Å²) in [5.41, 5.74) is 0.994. The number of H-pyrrole nitrogens is 1. The first kappa shape index (κ1) is 19.8. The van der Waals surface area contributed by atoms with Crippen LogP contribution in [-0.4, -0.2) is 37.4 Å². The number of alkyl halides is 3. The normalized spacial score (nSPS) is 13.5. The molecular formula is C16H15ClF3N7O. The Labute approximate surface area is 162 Å². The molecule has 28 heavy (non-hydrogen) atoms. The predicted molar refractivity (Wildman–Crippen MR) is 95.6 cm³/mol. The molecule has 3 N–H and O–H groups in total. The molecule has 0 fully saturated rings. The van der Waals surface area contributed by atoms with Gasteiger partial charge in [-0.2, -0.15) is 18.3 Å². The summed E-state index contributed by atoms with van der Waals surface area (Å²) in [5.74, 6) is -0.760. The second-order valence-corrected chi connectivity index (χ2v) is 5.93. The highest BCUT2D eigenvalue weighted by atomic mass is 35.5. The summed E-state index contributed by atoms with van der Waals surface area (Å²) >= 11 is 0. The van der Waals surface area contributed by atoms with Gasteiger partial charge < -0.3 is 10.6 Å². The molecule has 0 bridgehead atoms. The number of amides is 1. The van der Waals surface area contributed by atoms with Crippen LogP contribution in [0.15, 0.2) is 30.6 Å². The topological polar surface area (TPSA) is 101 Å². The summed E-state index contributed by atoms with van der Waals surface area (Å²) in [6.45, 7) is 1.32. The summed E-state index contributed by atoms with van der Waals surface area (Å²) in [6, 6.07) is 3.52. The Morgan fingerprint density at radius 1 is 1.29 bits per heavy atom. The number of carbonyl (C=O) groups excluding carboxylic acids is 1. The lowest BCUT2D eigenvalue weighted by atomic mass is 10.1. The molecule has 0 spiro atoms. The van der Waals surface area contributed by atoms with Gasteiger partial charge in [0.2, 0.25) is 0 Å². The SMILES string of the molecule is Cl.O=C(Nc1ccn(-c2ncccc2C(F)(F)F)n1)c1n[nH]c2c1CNCC2. The molecule has 1 amide bonds. The smallest absolute Gasteiger partial charge is 0.312 e. The minimum absolute atomic E-state index is 0. The zero-order valence-electron chi connectivity index (χ0n) is 14.2. The van der Waals surface area contributed by atoms with E-state index >= 15 is 0 Å². The van der Waals surface area contributed by atoms with Gasteiger partial charge >= 0.3 is 6.18 Å². The highest BCUT2D eigenvalue weighted by Crippen LogP contribution is 2.32. The number of carbonyl (C=O) groups is 1. The molecule has 0 aromatic carbocycles. The molecule has 8 nitrogen and oxygen atoms in total. The van der Waals surface area contributed by atoms with Gasteiger partial charge in [0.1, 0.15) is 5.56 Å². The van der Waals surface area contributed by atoms with Crippen LogP contribution < -0.4 is 10.6 Å². The quantitative estimate of drug-likeness (QED) is 0.612. The first-order valence-corrected chi connectivity index (χ1v) is 8.10. The molecule has 148 valence electrons. The summed E-state index contributed by atoms with van der Waals surface area (Å²) in [4.78, 5) is 16.2. The third-order valence-corrected chi connectivity index (χ3v) is 4.16. The average Bonchev–Trinajstić information content (AvgIpc) is 3.28. The maximum atomic E-state index is 13.1. The van der Waals surface area contributed by atoms with Crippen molar-refractivity contribution in [2.24, 2.45) is 0 Å². The van der Waals surface area contributed by atoms with Crippen LogP contribution in [0.1, 0.15) is 27.3 Å². The molecule has 0 radical (unpaired) electrons. The Hall–Kier alpha value is -2.92. The fourth-order valence-corrected chi connectivity index (χ4v) is 2.90. The number of anilines is 1. The summed E-state index contributed by atoms with van der Waals surface area (Å²) < 4.78 is 40.4. The van der Waals surface area contributed by atoms with Gasteiger partial charge in [0.25, 0.3) is 5.91 Å². The number of aromatic nitrogens is 5. The Kier molecular flexibility index (Phi) is 5.38. The molecule has 0 saturated heterocycles. The number of aromatic amines is 1. The van der Waals surface area contributed by atoms with Crippen molar-refractivity contribution in [1.82, 2.24) is 30.3 Å². The van der Waals surface area contributed by atoms with Crippen molar-refractivity contribution in [2.75, 3.05) is 11.9 Å². The fraction of sp³-hybridized carbons (Fsp3) is 0.250. The number of fused-ring (bicyclic) bond motifs is 1. The van der Waals surface area contributed by atoms with Crippen LogP contribution >= 0.6 is 12.4 Å². The molecule has 0 saturated carbocycles. The van der Waals surface area contributed by atoms with E-state index in [9.17, 15) is 18.0 Å². The van der Waals surface area contributed by atoms with Crippen LogP contribution in [0.4, 0.5) is 19.0 Å². The van der Waals surface area contributed by atoms with Crippen LogP contribution in [0.2, 0.25) is 0 Å². The van der Waals surface area contributed by atoms with Gasteiger partial charge in [-0.15, -0.1) is 17.5 Å². The van der Waals surface area contributed by atoms with E-state index in [1.807, 2.05) is 0 Å². The van der Waals surface area contributed by atoms with E-state index in [1.165, 1.54) is 24.5 Å². The second kappa shape index (κ2) is 7.60. The third kappa shape index (κ3) is 3.71.